The molecule has 4 rings (SSSR count). The average Bonchev–Trinajstić information content (AvgIpc) is 3.28. The minimum absolute atomic E-state index is 0.154. The number of nitrogens with one attached hydrogen (secondary N) is 3. The van der Waals surface area contributed by atoms with Crippen LogP contribution >= 0.6 is 11.8 Å². The summed E-state index contributed by atoms with van der Waals surface area (Å²) in [5.41, 5.74) is 5.87. The van der Waals surface area contributed by atoms with Gasteiger partial charge in [0, 0.05) is 22.4 Å². The Kier molecular flexibility index (Phi) is 4.63. The van der Waals surface area contributed by atoms with E-state index in [0.29, 0.717) is 18.2 Å². The molecule has 0 unspecified atom stereocenters. The van der Waals surface area contributed by atoms with E-state index in [1.807, 2.05) is 48.5 Å². The Bertz CT molecular complexity index is 1130. The van der Waals surface area contributed by atoms with E-state index in [1.165, 1.54) is 4.68 Å². The lowest BCUT2D eigenvalue weighted by molar-refractivity contribution is 0.789. The van der Waals surface area contributed by atoms with E-state index in [1.54, 1.807) is 17.8 Å². The van der Waals surface area contributed by atoms with Crippen molar-refractivity contribution >= 4 is 22.8 Å². The third-order valence-electron chi connectivity index (χ3n) is 4.03. The van der Waals surface area contributed by atoms with Gasteiger partial charge in [0.15, 0.2) is 0 Å². The summed E-state index contributed by atoms with van der Waals surface area (Å²) in [6.45, 7) is 0.467. The molecule has 0 amide bonds. The highest BCUT2D eigenvalue weighted by Crippen LogP contribution is 2.22. The maximum absolute atomic E-state index is 12.3. The first-order chi connectivity index (χ1) is 13.2. The van der Waals surface area contributed by atoms with Crippen LogP contribution in [-0.4, -0.2) is 19.7 Å². The number of benzene rings is 2. The molecule has 3 N–H and O–H groups in total. The van der Waals surface area contributed by atoms with E-state index in [4.69, 9.17) is 5.39 Å². The predicted octanol–water partition coefficient (Wildman–Crippen LogP) is 3.19. The number of thioether (sulfide) groups is 1. The van der Waals surface area contributed by atoms with Crippen LogP contribution in [0.3, 0.4) is 0 Å². The van der Waals surface area contributed by atoms with Gasteiger partial charge in [0.05, 0.1) is 11.0 Å². The fourth-order valence-corrected chi connectivity index (χ4v) is 3.51. The second-order valence-electron chi connectivity index (χ2n) is 5.90. The largest absolute Gasteiger partial charge is 0.322 e. The molecule has 0 aliphatic heterocycles. The van der Waals surface area contributed by atoms with Crippen LogP contribution in [0.15, 0.2) is 64.3 Å². The Morgan fingerprint density at radius 1 is 1.19 bits per heavy atom. The van der Waals surface area contributed by atoms with E-state index in [2.05, 4.69) is 25.6 Å². The third kappa shape index (κ3) is 3.70. The van der Waals surface area contributed by atoms with E-state index in [9.17, 15) is 4.79 Å². The Hall–Kier alpha value is -3.51. The number of aromatic nitrogens is 4. The van der Waals surface area contributed by atoms with Crippen molar-refractivity contribution in [3.05, 3.63) is 81.3 Å². The van der Waals surface area contributed by atoms with Crippen molar-refractivity contribution in [2.75, 3.05) is 0 Å². The molecule has 9 heteroatoms. The second kappa shape index (κ2) is 7.39. The number of para-hydroxylation sites is 2. The number of fused-ring (bicyclic) bond motifs is 1. The quantitative estimate of drug-likeness (QED) is 0.271. The number of imidazole rings is 1. The molecule has 134 valence electrons. The van der Waals surface area contributed by atoms with Crippen LogP contribution in [0, 0.1) is 5.39 Å². The summed E-state index contributed by atoms with van der Waals surface area (Å²) in [7, 11) is 0. The van der Waals surface area contributed by atoms with Gasteiger partial charge in [-0.3, -0.25) is 9.89 Å². The molecular formula is C18H16N7OS+. The minimum atomic E-state index is -0.154. The lowest BCUT2D eigenvalue weighted by Gasteiger charge is -2.01. The van der Waals surface area contributed by atoms with Crippen molar-refractivity contribution in [2.45, 2.75) is 17.2 Å². The van der Waals surface area contributed by atoms with Gasteiger partial charge < -0.3 is 4.98 Å². The average molecular weight is 378 g/mol. The van der Waals surface area contributed by atoms with Crippen molar-refractivity contribution in [3.8, 4) is 5.95 Å². The number of nitrogens with zero attached hydrogens (tertiary/aromatic N) is 4. The molecule has 0 radical (unpaired) electrons. The fraction of sp³-hybridized carbons (Fsp3) is 0.111. The van der Waals surface area contributed by atoms with Gasteiger partial charge in [0.2, 0.25) is 5.95 Å². The standard InChI is InChI=1S/C18H15N7OS/c19-24-20-10-12-5-7-14(8-6-12)27-11-13-9-17(26)25(23-13)18-21-15-3-1-2-4-16(15)22-18/h1-9,20H,10-11H2,(H-,21,22,23,26)/p+1. The lowest BCUT2D eigenvalue weighted by Crippen LogP contribution is -2.14. The summed E-state index contributed by atoms with van der Waals surface area (Å²) >= 11 is 1.62. The summed E-state index contributed by atoms with van der Waals surface area (Å²) < 4.78 is 1.42. The maximum atomic E-state index is 12.3. The molecule has 2 aromatic heterocycles. The summed E-state index contributed by atoms with van der Waals surface area (Å²) in [4.78, 5) is 21.0. The molecule has 4 aromatic rings. The molecule has 0 atom stereocenters. The van der Waals surface area contributed by atoms with Crippen molar-refractivity contribution in [3.63, 3.8) is 0 Å². The predicted molar refractivity (Wildman–Crippen MR) is 104 cm³/mol. The second-order valence-corrected chi connectivity index (χ2v) is 6.95. The number of aromatic amines is 2. The SMILES string of the molecule is N#[N+]NCc1ccc(SCc2cc(=O)n(-c3nc4ccccc4[nH]3)[nH]2)cc1. The Morgan fingerprint density at radius 3 is 2.78 bits per heavy atom. The Morgan fingerprint density at radius 2 is 2.00 bits per heavy atom. The maximum Gasteiger partial charge on any atom is 0.303 e. The zero-order valence-electron chi connectivity index (χ0n) is 14.2. The monoisotopic (exact) mass is 378 g/mol. The van der Waals surface area contributed by atoms with Crippen LogP contribution in [0.4, 0.5) is 0 Å². The number of hydrogen-bond donors (Lipinski definition) is 3. The van der Waals surface area contributed by atoms with Crippen LogP contribution in [0.1, 0.15) is 11.3 Å². The smallest absolute Gasteiger partial charge is 0.303 e. The fourth-order valence-electron chi connectivity index (χ4n) is 2.71. The molecule has 2 aromatic carbocycles. The van der Waals surface area contributed by atoms with Crippen molar-refractivity contribution in [1.82, 2.24) is 25.2 Å². The first-order valence-corrected chi connectivity index (χ1v) is 9.26. The number of hydrogen-bond acceptors (Lipinski definition) is 5. The normalized spacial score (nSPS) is 10.8. The van der Waals surface area contributed by atoms with Crippen LogP contribution in [0.2, 0.25) is 0 Å². The number of H-pyrrole nitrogens is 2. The molecule has 27 heavy (non-hydrogen) atoms. The van der Waals surface area contributed by atoms with Gasteiger partial charge in [0.1, 0.15) is 6.54 Å². The van der Waals surface area contributed by atoms with Gasteiger partial charge in [-0.2, -0.15) is 4.68 Å². The molecule has 8 nitrogen and oxygen atoms in total. The van der Waals surface area contributed by atoms with Crippen molar-refractivity contribution in [1.29, 1.82) is 5.39 Å². The first-order valence-electron chi connectivity index (χ1n) is 8.28. The molecule has 0 fully saturated rings. The van der Waals surface area contributed by atoms with Gasteiger partial charge in [0.25, 0.3) is 11.0 Å². The van der Waals surface area contributed by atoms with Crippen molar-refractivity contribution in [2.24, 2.45) is 0 Å². The molecule has 0 spiro atoms. The molecule has 0 saturated heterocycles. The highest BCUT2D eigenvalue weighted by Gasteiger charge is 2.10. The molecule has 0 saturated carbocycles. The van der Waals surface area contributed by atoms with Crippen LogP contribution < -0.4 is 11.0 Å². The third-order valence-corrected chi connectivity index (χ3v) is 5.09. The first kappa shape index (κ1) is 16.9. The molecule has 0 bridgehead atoms. The van der Waals surface area contributed by atoms with Crippen LogP contribution in [0.25, 0.3) is 22.1 Å². The van der Waals surface area contributed by atoms with E-state index in [0.717, 1.165) is 27.2 Å². The number of diazo groups is 1. The van der Waals surface area contributed by atoms with Gasteiger partial charge in [-0.25, -0.2) is 4.98 Å². The minimum Gasteiger partial charge on any atom is -0.322 e. The van der Waals surface area contributed by atoms with Gasteiger partial charge >= 0.3 is 5.08 Å². The Labute approximate surface area is 158 Å². The zero-order valence-corrected chi connectivity index (χ0v) is 15.0. The van der Waals surface area contributed by atoms with Gasteiger partial charge in [-0.1, -0.05) is 24.3 Å². The molecule has 0 aliphatic carbocycles. The topological polar surface area (TPSA) is 107 Å². The Balaban J connectivity index is 1.47. The number of rotatable bonds is 6. The molecule has 0 aliphatic rings. The molecule has 2 heterocycles. The summed E-state index contributed by atoms with van der Waals surface area (Å²) in [6.07, 6.45) is 0. The highest BCUT2D eigenvalue weighted by molar-refractivity contribution is 7.98. The van der Waals surface area contributed by atoms with E-state index < -0.39 is 0 Å². The zero-order chi connectivity index (χ0) is 18.6. The van der Waals surface area contributed by atoms with Crippen LogP contribution in [-0.2, 0) is 12.3 Å². The summed E-state index contributed by atoms with van der Waals surface area (Å²) in [5.74, 6) is 1.11. The highest BCUT2D eigenvalue weighted by atomic mass is 32.2. The summed E-state index contributed by atoms with van der Waals surface area (Å²) in [6, 6.07) is 17.1. The van der Waals surface area contributed by atoms with Gasteiger partial charge in [-0.15, -0.1) is 11.8 Å². The van der Waals surface area contributed by atoms with E-state index >= 15 is 0 Å². The van der Waals surface area contributed by atoms with Crippen molar-refractivity contribution < 1.29 is 0 Å². The lowest BCUT2D eigenvalue weighted by atomic mass is 10.2. The van der Waals surface area contributed by atoms with Gasteiger partial charge in [-0.05, 0) is 35.3 Å². The van der Waals surface area contributed by atoms with E-state index in [-0.39, 0.29) is 5.56 Å². The van der Waals surface area contributed by atoms with Crippen LogP contribution in [0.5, 0.6) is 0 Å². The molecular weight excluding hydrogens is 362 g/mol. The summed E-state index contributed by atoms with van der Waals surface area (Å²) in [5, 5.41) is 14.4.